The molecule has 1 saturated carbocycles. The van der Waals surface area contributed by atoms with E-state index in [4.69, 9.17) is 4.74 Å². The van der Waals surface area contributed by atoms with Gasteiger partial charge in [0.1, 0.15) is 17.7 Å². The van der Waals surface area contributed by atoms with Crippen molar-refractivity contribution < 1.29 is 13.9 Å². The Labute approximate surface area is 156 Å². The van der Waals surface area contributed by atoms with E-state index >= 15 is 0 Å². The van der Waals surface area contributed by atoms with Crippen LogP contribution in [0.25, 0.3) is 5.69 Å². The highest BCUT2D eigenvalue weighted by molar-refractivity contribution is 5.83. The number of hydrazine groups is 1. The molecule has 27 heavy (non-hydrogen) atoms. The molecule has 2 heterocycles. The lowest BCUT2D eigenvalue weighted by atomic mass is 10.0. The maximum absolute atomic E-state index is 13.7. The SMILES string of the molecule is COc1cc(F)cc(-n2cc(C(C)C(=O)NC3C=C(C4CC4)NN3)cn2)c1. The highest BCUT2D eigenvalue weighted by Crippen LogP contribution is 2.35. The number of allylic oxidation sites excluding steroid dienone is 1. The Kier molecular flexibility index (Phi) is 4.57. The zero-order chi connectivity index (χ0) is 19.0. The van der Waals surface area contributed by atoms with E-state index in [1.165, 1.54) is 36.8 Å². The van der Waals surface area contributed by atoms with Crippen LogP contribution in [0, 0.1) is 11.7 Å². The number of halogens is 1. The number of amides is 1. The van der Waals surface area contributed by atoms with Crippen molar-refractivity contribution in [2.75, 3.05) is 7.11 Å². The third kappa shape index (κ3) is 3.80. The number of carbonyl (C=O) groups is 1. The Bertz CT molecular complexity index is 890. The van der Waals surface area contributed by atoms with E-state index in [0.717, 1.165) is 11.3 Å². The molecule has 1 aliphatic heterocycles. The Hall–Kier alpha value is -2.87. The van der Waals surface area contributed by atoms with E-state index in [9.17, 15) is 9.18 Å². The van der Waals surface area contributed by atoms with Crippen LogP contribution in [0.5, 0.6) is 5.75 Å². The zero-order valence-electron chi connectivity index (χ0n) is 15.2. The van der Waals surface area contributed by atoms with Gasteiger partial charge < -0.3 is 15.5 Å². The number of aromatic nitrogens is 2. The zero-order valence-corrected chi connectivity index (χ0v) is 15.2. The Balaban J connectivity index is 1.44. The van der Waals surface area contributed by atoms with E-state index in [2.05, 4.69) is 21.3 Å². The van der Waals surface area contributed by atoms with Crippen LogP contribution < -0.4 is 20.9 Å². The molecule has 1 aromatic carbocycles. The minimum atomic E-state index is -0.412. The maximum Gasteiger partial charge on any atom is 0.228 e. The monoisotopic (exact) mass is 371 g/mol. The van der Waals surface area contributed by atoms with E-state index in [1.54, 1.807) is 18.5 Å². The molecule has 3 N–H and O–H groups in total. The fourth-order valence-corrected chi connectivity index (χ4v) is 3.06. The largest absolute Gasteiger partial charge is 0.497 e. The van der Waals surface area contributed by atoms with Gasteiger partial charge in [0.2, 0.25) is 5.91 Å². The molecule has 1 aliphatic carbocycles. The van der Waals surface area contributed by atoms with Crippen LogP contribution in [0.2, 0.25) is 0 Å². The number of methoxy groups -OCH3 is 1. The van der Waals surface area contributed by atoms with Crippen molar-refractivity contribution in [1.29, 1.82) is 0 Å². The second-order valence-corrected chi connectivity index (χ2v) is 6.94. The topological polar surface area (TPSA) is 80.2 Å². The number of carbonyl (C=O) groups excluding carboxylic acids is 1. The lowest BCUT2D eigenvalue weighted by Crippen LogP contribution is -2.46. The van der Waals surface area contributed by atoms with Gasteiger partial charge in [-0.2, -0.15) is 5.10 Å². The average molecular weight is 371 g/mol. The molecule has 142 valence electrons. The van der Waals surface area contributed by atoms with Gasteiger partial charge in [-0.25, -0.2) is 14.5 Å². The first-order chi connectivity index (χ1) is 13.0. The third-order valence-corrected chi connectivity index (χ3v) is 4.89. The van der Waals surface area contributed by atoms with Crippen LogP contribution in [0.4, 0.5) is 4.39 Å². The summed E-state index contributed by atoms with van der Waals surface area (Å²) in [6.07, 6.45) is 7.53. The molecule has 0 saturated heterocycles. The van der Waals surface area contributed by atoms with Crippen molar-refractivity contribution in [3.63, 3.8) is 0 Å². The van der Waals surface area contributed by atoms with Crippen molar-refractivity contribution in [1.82, 2.24) is 25.9 Å². The number of nitrogens with zero attached hydrogens (tertiary/aromatic N) is 2. The fourth-order valence-electron chi connectivity index (χ4n) is 3.06. The molecular formula is C19H22FN5O2. The van der Waals surface area contributed by atoms with Gasteiger partial charge in [0.15, 0.2) is 0 Å². The minimum Gasteiger partial charge on any atom is -0.497 e. The molecule has 4 rings (SSSR count). The molecule has 2 atom stereocenters. The van der Waals surface area contributed by atoms with Crippen LogP contribution in [0.1, 0.15) is 31.2 Å². The summed E-state index contributed by atoms with van der Waals surface area (Å²) in [6, 6.07) is 4.35. The van der Waals surface area contributed by atoms with Gasteiger partial charge in [-0.05, 0) is 37.8 Å². The van der Waals surface area contributed by atoms with E-state index < -0.39 is 11.7 Å². The van der Waals surface area contributed by atoms with Crippen molar-refractivity contribution >= 4 is 5.91 Å². The van der Waals surface area contributed by atoms with E-state index in [-0.39, 0.29) is 12.1 Å². The standard InChI is InChI=1S/C19H22FN5O2/c1-11(19(26)22-18-8-17(23-24-18)12-3-4-12)13-9-21-25(10-13)15-5-14(20)6-16(7-15)27-2/h5-12,18,23-24H,3-4H2,1-2H3,(H,22,26). The molecule has 2 aromatic rings. The number of hydrogen-bond donors (Lipinski definition) is 3. The normalized spacial score (nSPS) is 20.0. The molecule has 2 unspecified atom stereocenters. The number of rotatable bonds is 6. The number of ether oxygens (including phenoxy) is 1. The molecular weight excluding hydrogens is 349 g/mol. The van der Waals surface area contributed by atoms with Gasteiger partial charge in [0.05, 0.1) is 24.9 Å². The third-order valence-electron chi connectivity index (χ3n) is 4.89. The molecule has 1 fully saturated rings. The smallest absolute Gasteiger partial charge is 0.228 e. The van der Waals surface area contributed by atoms with Crippen molar-refractivity contribution in [3.05, 3.63) is 53.7 Å². The summed E-state index contributed by atoms with van der Waals surface area (Å²) in [4.78, 5) is 12.6. The van der Waals surface area contributed by atoms with Gasteiger partial charge in [-0.3, -0.25) is 4.79 Å². The highest BCUT2D eigenvalue weighted by atomic mass is 19.1. The predicted octanol–water partition coefficient (Wildman–Crippen LogP) is 1.97. The molecule has 1 amide bonds. The Morgan fingerprint density at radius 2 is 2.22 bits per heavy atom. The van der Waals surface area contributed by atoms with Gasteiger partial charge in [0, 0.05) is 29.6 Å². The summed E-state index contributed by atoms with van der Waals surface area (Å²) in [5.41, 5.74) is 8.62. The number of benzene rings is 1. The van der Waals surface area contributed by atoms with Gasteiger partial charge in [0.25, 0.3) is 0 Å². The molecule has 0 bridgehead atoms. The van der Waals surface area contributed by atoms with Crippen molar-refractivity contribution in [2.45, 2.75) is 31.8 Å². The van der Waals surface area contributed by atoms with Gasteiger partial charge in [-0.1, -0.05) is 0 Å². The first-order valence-corrected chi connectivity index (χ1v) is 8.96. The first kappa shape index (κ1) is 17.5. The van der Waals surface area contributed by atoms with Crippen LogP contribution >= 0.6 is 0 Å². The maximum atomic E-state index is 13.7. The van der Waals surface area contributed by atoms with Gasteiger partial charge >= 0.3 is 0 Å². The summed E-state index contributed by atoms with van der Waals surface area (Å²) in [5, 5.41) is 7.22. The lowest BCUT2D eigenvalue weighted by molar-refractivity contribution is -0.122. The van der Waals surface area contributed by atoms with Crippen LogP contribution in [-0.2, 0) is 4.79 Å². The summed E-state index contributed by atoms with van der Waals surface area (Å²) >= 11 is 0. The molecule has 1 aromatic heterocycles. The molecule has 2 aliphatic rings. The predicted molar refractivity (Wildman–Crippen MR) is 97.5 cm³/mol. The van der Waals surface area contributed by atoms with Crippen LogP contribution in [0.15, 0.2) is 42.4 Å². The highest BCUT2D eigenvalue weighted by Gasteiger charge is 2.30. The summed E-state index contributed by atoms with van der Waals surface area (Å²) in [6.45, 7) is 1.82. The summed E-state index contributed by atoms with van der Waals surface area (Å²) < 4.78 is 20.3. The summed E-state index contributed by atoms with van der Waals surface area (Å²) in [7, 11) is 1.48. The van der Waals surface area contributed by atoms with E-state index in [0.29, 0.717) is 17.4 Å². The Morgan fingerprint density at radius 1 is 1.41 bits per heavy atom. The number of hydrogen-bond acceptors (Lipinski definition) is 5. The fraction of sp³-hybridized carbons (Fsp3) is 0.368. The van der Waals surface area contributed by atoms with Gasteiger partial charge in [-0.15, -0.1) is 0 Å². The van der Waals surface area contributed by atoms with Crippen LogP contribution in [-0.4, -0.2) is 29.0 Å². The minimum absolute atomic E-state index is 0.112. The first-order valence-electron chi connectivity index (χ1n) is 8.96. The molecule has 8 heteroatoms. The van der Waals surface area contributed by atoms with Crippen molar-refractivity contribution in [2.24, 2.45) is 5.92 Å². The molecule has 0 radical (unpaired) electrons. The molecule has 7 nitrogen and oxygen atoms in total. The summed E-state index contributed by atoms with van der Waals surface area (Å²) in [5.74, 6) is 0.0859. The van der Waals surface area contributed by atoms with E-state index in [1.807, 2.05) is 13.0 Å². The van der Waals surface area contributed by atoms with Crippen LogP contribution in [0.3, 0.4) is 0 Å². The average Bonchev–Trinajstić information content (AvgIpc) is 3.20. The number of nitrogens with one attached hydrogen (secondary N) is 3. The van der Waals surface area contributed by atoms with Crippen molar-refractivity contribution in [3.8, 4) is 11.4 Å². The lowest BCUT2D eigenvalue weighted by Gasteiger charge is -2.15. The second kappa shape index (κ2) is 7.03. The molecule has 0 spiro atoms. The second-order valence-electron chi connectivity index (χ2n) is 6.94. The quantitative estimate of drug-likeness (QED) is 0.723. The Morgan fingerprint density at radius 3 is 2.96 bits per heavy atom.